The number of rotatable bonds is 1. The topological polar surface area (TPSA) is 19.9 Å². The van der Waals surface area contributed by atoms with Crippen molar-refractivity contribution in [1.82, 2.24) is 0 Å². The third-order valence-electron chi connectivity index (χ3n) is 0.615. The summed E-state index contributed by atoms with van der Waals surface area (Å²) in [5.74, 6) is 0. The van der Waals surface area contributed by atoms with Crippen molar-refractivity contribution >= 4 is 0 Å². The summed E-state index contributed by atoms with van der Waals surface area (Å²) in [7, 11) is 0. The quantitative estimate of drug-likeness (QED) is 0.352. The highest BCUT2D eigenvalue weighted by Gasteiger charge is 1.73. The predicted molar refractivity (Wildman–Crippen MR) is 29.3 cm³/mol. The lowest BCUT2D eigenvalue weighted by molar-refractivity contribution is 0.348. The Balaban J connectivity index is 3.58. The maximum Gasteiger partial charge on any atom is 0.145 e. The standard InChI is InChI=1S/C6H9O/c1-3-4-6(2)5-7/h3-5H,1-2H3. The summed E-state index contributed by atoms with van der Waals surface area (Å²) in [4.78, 5) is 0. The van der Waals surface area contributed by atoms with Crippen LogP contribution in [0.1, 0.15) is 13.8 Å². The van der Waals surface area contributed by atoms with Gasteiger partial charge in [0.05, 0.1) is 0 Å². The molecule has 0 N–H and O–H groups in total. The Morgan fingerprint density at radius 3 is 2.29 bits per heavy atom. The molecule has 0 aromatic carbocycles. The second-order valence-corrected chi connectivity index (χ2v) is 1.36. The first-order chi connectivity index (χ1) is 3.31. The molecule has 0 saturated heterocycles. The predicted octanol–water partition coefficient (Wildman–Crippen LogP) is 1.90. The fourth-order valence-electron chi connectivity index (χ4n) is 0.302. The molecule has 7 heavy (non-hydrogen) atoms. The molecule has 0 aliphatic carbocycles. The van der Waals surface area contributed by atoms with Crippen LogP contribution in [0.2, 0.25) is 0 Å². The van der Waals surface area contributed by atoms with E-state index >= 15 is 0 Å². The molecule has 0 rings (SSSR count). The van der Waals surface area contributed by atoms with Crippen LogP contribution in [0.15, 0.2) is 24.0 Å². The summed E-state index contributed by atoms with van der Waals surface area (Å²) in [6.07, 6.45) is 4.44. The van der Waals surface area contributed by atoms with E-state index in [2.05, 4.69) is 0 Å². The van der Waals surface area contributed by atoms with Gasteiger partial charge in [-0.2, -0.15) is 0 Å². The first kappa shape index (κ1) is 6.28. The second kappa shape index (κ2) is 3.47. The Labute approximate surface area is 44.0 Å². The molecule has 0 aromatic rings. The minimum Gasteiger partial charge on any atom is -0.298 e. The molecule has 39 valence electrons. The van der Waals surface area contributed by atoms with Crippen molar-refractivity contribution in [3.8, 4) is 0 Å². The molecule has 0 heterocycles. The molecule has 0 spiro atoms. The van der Waals surface area contributed by atoms with Crippen LogP contribution < -0.4 is 0 Å². The summed E-state index contributed by atoms with van der Waals surface area (Å²) in [5, 5.41) is 9.81. The highest BCUT2D eigenvalue weighted by Crippen LogP contribution is 1.90. The fraction of sp³-hybridized carbons (Fsp3) is 0.333. The van der Waals surface area contributed by atoms with Gasteiger partial charge >= 0.3 is 0 Å². The molecule has 0 aliphatic heterocycles. The summed E-state index contributed by atoms with van der Waals surface area (Å²) in [5.41, 5.74) is 0.766. The van der Waals surface area contributed by atoms with Crippen molar-refractivity contribution in [3.05, 3.63) is 24.0 Å². The van der Waals surface area contributed by atoms with Crippen LogP contribution in [0.4, 0.5) is 0 Å². The fourth-order valence-corrected chi connectivity index (χ4v) is 0.302. The maximum atomic E-state index is 9.81. The third-order valence-corrected chi connectivity index (χ3v) is 0.615. The zero-order valence-electron chi connectivity index (χ0n) is 4.64. The van der Waals surface area contributed by atoms with E-state index in [-0.39, 0.29) is 0 Å². The Morgan fingerprint density at radius 2 is 2.14 bits per heavy atom. The highest BCUT2D eigenvalue weighted by atomic mass is 16.2. The van der Waals surface area contributed by atoms with Crippen molar-refractivity contribution in [1.29, 1.82) is 0 Å². The Bertz CT molecular complexity index is 90.4. The number of hydrogen-bond donors (Lipinski definition) is 0. The summed E-state index contributed by atoms with van der Waals surface area (Å²) >= 11 is 0. The minimum absolute atomic E-state index is 0.766. The SMILES string of the molecule is CC=CC(C)=C[O]. The van der Waals surface area contributed by atoms with Gasteiger partial charge in [0, 0.05) is 0 Å². The summed E-state index contributed by atoms with van der Waals surface area (Å²) in [6, 6.07) is 0. The Hall–Kier alpha value is -0.720. The van der Waals surface area contributed by atoms with Crippen molar-refractivity contribution in [2.24, 2.45) is 0 Å². The van der Waals surface area contributed by atoms with Crippen LogP contribution in [-0.2, 0) is 5.11 Å². The van der Waals surface area contributed by atoms with Gasteiger partial charge in [0.25, 0.3) is 0 Å². The molecule has 0 unspecified atom stereocenters. The molecule has 0 atom stereocenters. The van der Waals surface area contributed by atoms with E-state index in [4.69, 9.17) is 0 Å². The van der Waals surface area contributed by atoms with Crippen LogP contribution in [0.5, 0.6) is 0 Å². The van der Waals surface area contributed by atoms with E-state index in [1.165, 1.54) is 0 Å². The van der Waals surface area contributed by atoms with Gasteiger partial charge in [-0.15, -0.1) is 0 Å². The monoisotopic (exact) mass is 97.1 g/mol. The maximum absolute atomic E-state index is 9.81. The summed E-state index contributed by atoms with van der Waals surface area (Å²) in [6.45, 7) is 3.65. The molecule has 1 nitrogen and oxygen atoms in total. The van der Waals surface area contributed by atoms with Crippen LogP contribution in [0, 0.1) is 0 Å². The molecule has 0 aliphatic rings. The van der Waals surface area contributed by atoms with Crippen molar-refractivity contribution in [3.63, 3.8) is 0 Å². The van der Waals surface area contributed by atoms with E-state index < -0.39 is 0 Å². The average Bonchev–Trinajstić information content (AvgIpc) is 1.68. The van der Waals surface area contributed by atoms with E-state index in [9.17, 15) is 5.11 Å². The molecule has 0 amide bonds. The van der Waals surface area contributed by atoms with E-state index in [0.717, 1.165) is 11.8 Å². The molecule has 1 radical (unpaired) electrons. The van der Waals surface area contributed by atoms with Gasteiger partial charge in [-0.25, -0.2) is 0 Å². The zero-order chi connectivity index (χ0) is 5.70. The molecule has 0 aromatic heterocycles. The van der Waals surface area contributed by atoms with Gasteiger partial charge in [-0.1, -0.05) is 12.2 Å². The molecule has 0 bridgehead atoms. The molecular formula is C6H9O. The zero-order valence-corrected chi connectivity index (χ0v) is 4.64. The lowest BCUT2D eigenvalue weighted by atomic mass is 10.3. The van der Waals surface area contributed by atoms with E-state index in [1.807, 2.05) is 13.0 Å². The Morgan fingerprint density at radius 1 is 1.57 bits per heavy atom. The highest BCUT2D eigenvalue weighted by molar-refractivity contribution is 5.11. The minimum atomic E-state index is 0.766. The first-order valence-corrected chi connectivity index (χ1v) is 2.22. The molecule has 1 heteroatoms. The summed E-state index contributed by atoms with van der Waals surface area (Å²) < 4.78 is 0. The number of allylic oxidation sites excluding steroid dienone is 3. The van der Waals surface area contributed by atoms with Gasteiger partial charge < -0.3 is 0 Å². The average molecular weight is 97.1 g/mol. The largest absolute Gasteiger partial charge is 0.298 e. The molecule has 0 saturated carbocycles. The van der Waals surface area contributed by atoms with Crippen LogP contribution >= 0.6 is 0 Å². The Kier molecular flexibility index (Phi) is 3.11. The normalized spacial score (nSPS) is 13.1. The number of hydrogen-bond acceptors (Lipinski definition) is 0. The van der Waals surface area contributed by atoms with Crippen molar-refractivity contribution in [2.75, 3.05) is 0 Å². The van der Waals surface area contributed by atoms with Gasteiger partial charge in [0.2, 0.25) is 0 Å². The first-order valence-electron chi connectivity index (χ1n) is 2.22. The lowest BCUT2D eigenvalue weighted by Gasteiger charge is -1.78. The third kappa shape index (κ3) is 3.10. The van der Waals surface area contributed by atoms with Crippen LogP contribution in [0.3, 0.4) is 0 Å². The van der Waals surface area contributed by atoms with E-state index in [1.54, 1.807) is 13.0 Å². The van der Waals surface area contributed by atoms with Crippen molar-refractivity contribution in [2.45, 2.75) is 13.8 Å². The van der Waals surface area contributed by atoms with Crippen LogP contribution in [-0.4, -0.2) is 0 Å². The molecule has 0 fully saturated rings. The van der Waals surface area contributed by atoms with Crippen LogP contribution in [0.25, 0.3) is 0 Å². The van der Waals surface area contributed by atoms with Gasteiger partial charge in [0.1, 0.15) is 6.26 Å². The van der Waals surface area contributed by atoms with Gasteiger partial charge in [-0.05, 0) is 19.4 Å². The smallest absolute Gasteiger partial charge is 0.145 e. The second-order valence-electron chi connectivity index (χ2n) is 1.36. The lowest BCUT2D eigenvalue weighted by Crippen LogP contribution is -1.61. The van der Waals surface area contributed by atoms with Gasteiger partial charge in [-0.3, -0.25) is 5.11 Å². The molecular weight excluding hydrogens is 88.1 g/mol. The van der Waals surface area contributed by atoms with Gasteiger partial charge in [0.15, 0.2) is 0 Å². The van der Waals surface area contributed by atoms with Crippen molar-refractivity contribution < 1.29 is 5.11 Å². The van der Waals surface area contributed by atoms with E-state index in [0.29, 0.717) is 0 Å².